The van der Waals surface area contributed by atoms with E-state index in [0.29, 0.717) is 16.7 Å². The lowest BCUT2D eigenvalue weighted by atomic mass is 10.0. The van der Waals surface area contributed by atoms with E-state index in [1.54, 1.807) is 45.0 Å². The number of rotatable bonds is 6. The van der Waals surface area contributed by atoms with Gasteiger partial charge in [0.1, 0.15) is 17.4 Å². The molecule has 1 N–H and O–H groups in total. The third kappa shape index (κ3) is 4.55. The Bertz CT molecular complexity index is 1310. The molecule has 3 rings (SSSR count). The molecule has 0 fully saturated rings. The Morgan fingerprint density at radius 3 is 2.26 bits per heavy atom. The van der Waals surface area contributed by atoms with Crippen LogP contribution in [0.1, 0.15) is 35.6 Å². The molecule has 7 nitrogen and oxygen atoms in total. The van der Waals surface area contributed by atoms with Crippen molar-refractivity contribution in [3.8, 4) is 5.75 Å². The largest absolute Gasteiger partial charge is 0.425 e. The predicted molar refractivity (Wildman–Crippen MR) is 118 cm³/mol. The summed E-state index contributed by atoms with van der Waals surface area (Å²) in [4.78, 5) is 24.9. The third-order valence-electron chi connectivity index (χ3n) is 5.36. The van der Waals surface area contributed by atoms with Crippen molar-refractivity contribution in [2.24, 2.45) is 0 Å². The van der Waals surface area contributed by atoms with Gasteiger partial charge in [-0.1, -0.05) is 24.6 Å². The number of nitrogens with one attached hydrogen (secondary N) is 1. The highest BCUT2D eigenvalue weighted by Crippen LogP contribution is 2.29. The fourth-order valence-electron chi connectivity index (χ4n) is 3.19. The summed E-state index contributed by atoms with van der Waals surface area (Å²) in [5.41, 5.74) is 2.62. The van der Waals surface area contributed by atoms with Gasteiger partial charge in [0.2, 0.25) is 10.0 Å². The fourth-order valence-corrected chi connectivity index (χ4v) is 4.45. The molecule has 1 heterocycles. The molecule has 0 amide bonds. The van der Waals surface area contributed by atoms with Gasteiger partial charge in [-0.25, -0.2) is 18.0 Å². The van der Waals surface area contributed by atoms with Crippen molar-refractivity contribution in [2.75, 3.05) is 0 Å². The number of sulfonamides is 1. The molecule has 2 aromatic carbocycles. The number of hydrogen-bond donors (Lipinski definition) is 1. The van der Waals surface area contributed by atoms with Crippen LogP contribution in [0, 0.1) is 27.7 Å². The lowest BCUT2D eigenvalue weighted by Gasteiger charge is -2.17. The molecule has 0 unspecified atom stereocenters. The van der Waals surface area contributed by atoms with Crippen molar-refractivity contribution >= 4 is 27.0 Å². The van der Waals surface area contributed by atoms with Crippen molar-refractivity contribution in [2.45, 2.75) is 52.0 Å². The molecule has 8 heteroatoms. The van der Waals surface area contributed by atoms with Crippen LogP contribution >= 0.6 is 0 Å². The van der Waals surface area contributed by atoms with Gasteiger partial charge < -0.3 is 9.15 Å². The van der Waals surface area contributed by atoms with Gasteiger partial charge >= 0.3 is 11.6 Å². The molecule has 0 radical (unpaired) electrons. The van der Waals surface area contributed by atoms with Crippen LogP contribution in [0.2, 0.25) is 0 Å². The summed E-state index contributed by atoms with van der Waals surface area (Å²) in [6, 6.07) is 8.59. The summed E-state index contributed by atoms with van der Waals surface area (Å²) in [5.74, 6) is -0.538. The Labute approximate surface area is 181 Å². The van der Waals surface area contributed by atoms with Crippen molar-refractivity contribution < 1.29 is 22.4 Å². The minimum atomic E-state index is -3.90. The molecule has 0 aliphatic heterocycles. The zero-order chi connectivity index (χ0) is 22.9. The SMILES string of the molecule is CC[C@@H](NS(=O)(=O)c1ccc(C)cc1)C(=O)Oc1ccc2c(C)c(C)c(=O)oc2c1C. The zero-order valence-electron chi connectivity index (χ0n) is 18.1. The highest BCUT2D eigenvalue weighted by molar-refractivity contribution is 7.89. The molecule has 164 valence electrons. The summed E-state index contributed by atoms with van der Waals surface area (Å²) >= 11 is 0. The molecule has 0 aliphatic carbocycles. The van der Waals surface area contributed by atoms with Gasteiger partial charge in [0.25, 0.3) is 0 Å². The monoisotopic (exact) mass is 443 g/mol. The Hall–Kier alpha value is -2.97. The van der Waals surface area contributed by atoms with E-state index in [4.69, 9.17) is 9.15 Å². The van der Waals surface area contributed by atoms with Crippen LogP contribution in [-0.4, -0.2) is 20.4 Å². The molecule has 1 aromatic heterocycles. The standard InChI is InChI=1S/C23H25NO6S/c1-6-19(24-31(27,28)17-9-7-13(2)8-10-17)23(26)29-20-12-11-18-14(3)15(4)22(25)30-21(18)16(20)5/h7-12,19,24H,6H2,1-5H3/t19-/m1/s1. The number of carbonyl (C=O) groups excluding carboxylic acids is 1. The minimum Gasteiger partial charge on any atom is -0.425 e. The van der Waals surface area contributed by atoms with Crippen molar-refractivity contribution in [3.05, 3.63) is 69.1 Å². The second-order valence-electron chi connectivity index (χ2n) is 7.52. The first-order chi connectivity index (χ1) is 14.5. The molecule has 0 bridgehead atoms. The van der Waals surface area contributed by atoms with E-state index in [9.17, 15) is 18.0 Å². The molecular formula is C23H25NO6S. The van der Waals surface area contributed by atoms with Crippen LogP contribution in [-0.2, 0) is 14.8 Å². The number of carbonyl (C=O) groups is 1. The van der Waals surface area contributed by atoms with Gasteiger partial charge in [0, 0.05) is 16.5 Å². The summed E-state index contributed by atoms with van der Waals surface area (Å²) < 4.78 is 38.6. The van der Waals surface area contributed by atoms with Gasteiger partial charge in [-0.2, -0.15) is 4.72 Å². The first-order valence-electron chi connectivity index (χ1n) is 9.89. The fraction of sp³-hybridized carbons (Fsp3) is 0.304. The van der Waals surface area contributed by atoms with Crippen molar-refractivity contribution in [3.63, 3.8) is 0 Å². The van der Waals surface area contributed by atoms with Gasteiger partial charge in [-0.05, 0) is 63.9 Å². The second kappa shape index (κ2) is 8.64. The molecule has 1 atom stereocenters. The second-order valence-corrected chi connectivity index (χ2v) is 9.24. The van der Waals surface area contributed by atoms with Crippen LogP contribution < -0.4 is 15.1 Å². The Morgan fingerprint density at radius 2 is 1.65 bits per heavy atom. The summed E-state index contributed by atoms with van der Waals surface area (Å²) in [7, 11) is -3.90. The Morgan fingerprint density at radius 1 is 1.00 bits per heavy atom. The molecule has 0 saturated heterocycles. The highest BCUT2D eigenvalue weighted by atomic mass is 32.2. The number of hydrogen-bond acceptors (Lipinski definition) is 6. The minimum absolute atomic E-state index is 0.0684. The molecule has 0 aliphatic rings. The summed E-state index contributed by atoms with van der Waals surface area (Å²) in [5, 5.41) is 0.751. The average Bonchev–Trinajstić information content (AvgIpc) is 2.73. The third-order valence-corrected chi connectivity index (χ3v) is 6.84. The highest BCUT2D eigenvalue weighted by Gasteiger charge is 2.27. The van der Waals surface area contributed by atoms with Crippen LogP contribution in [0.4, 0.5) is 0 Å². The first-order valence-corrected chi connectivity index (χ1v) is 11.4. The molecular weight excluding hydrogens is 418 g/mol. The van der Waals surface area contributed by atoms with E-state index >= 15 is 0 Å². The van der Waals surface area contributed by atoms with Crippen LogP contribution in [0.5, 0.6) is 5.75 Å². The average molecular weight is 444 g/mol. The molecule has 3 aromatic rings. The van der Waals surface area contributed by atoms with Gasteiger partial charge in [-0.3, -0.25) is 0 Å². The number of fused-ring (bicyclic) bond motifs is 1. The van der Waals surface area contributed by atoms with E-state index in [0.717, 1.165) is 16.5 Å². The normalized spacial score (nSPS) is 12.7. The summed E-state index contributed by atoms with van der Waals surface area (Å²) in [6.07, 6.45) is 0.198. The predicted octanol–water partition coefficient (Wildman–Crippen LogP) is 3.69. The van der Waals surface area contributed by atoms with Crippen LogP contribution in [0.3, 0.4) is 0 Å². The van der Waals surface area contributed by atoms with Gasteiger partial charge in [-0.15, -0.1) is 0 Å². The molecule has 0 saturated carbocycles. The lowest BCUT2D eigenvalue weighted by molar-refractivity contribution is -0.136. The van der Waals surface area contributed by atoms with E-state index in [2.05, 4.69) is 4.72 Å². The quantitative estimate of drug-likeness (QED) is 0.354. The molecule has 0 spiro atoms. The van der Waals surface area contributed by atoms with E-state index in [1.165, 1.54) is 12.1 Å². The van der Waals surface area contributed by atoms with Crippen molar-refractivity contribution in [1.82, 2.24) is 4.72 Å². The Kier molecular flexibility index (Phi) is 6.33. The maximum absolute atomic E-state index is 12.7. The zero-order valence-corrected chi connectivity index (χ0v) is 18.9. The number of benzene rings is 2. The van der Waals surface area contributed by atoms with Crippen LogP contribution in [0.25, 0.3) is 11.0 Å². The molecule has 31 heavy (non-hydrogen) atoms. The first kappa shape index (κ1) is 22.7. The van der Waals surface area contributed by atoms with E-state index in [1.807, 2.05) is 13.8 Å². The number of ether oxygens (including phenoxy) is 1. The van der Waals surface area contributed by atoms with E-state index in [-0.39, 0.29) is 17.1 Å². The topological polar surface area (TPSA) is 103 Å². The summed E-state index contributed by atoms with van der Waals surface area (Å²) in [6.45, 7) is 8.73. The number of aryl methyl sites for hydroxylation is 3. The van der Waals surface area contributed by atoms with E-state index < -0.39 is 27.7 Å². The van der Waals surface area contributed by atoms with Crippen LogP contribution in [0.15, 0.2) is 50.5 Å². The lowest BCUT2D eigenvalue weighted by Crippen LogP contribution is -2.42. The van der Waals surface area contributed by atoms with Crippen molar-refractivity contribution in [1.29, 1.82) is 0 Å². The number of esters is 1. The maximum atomic E-state index is 12.7. The van der Waals surface area contributed by atoms with Gasteiger partial charge in [0.05, 0.1) is 4.90 Å². The Balaban J connectivity index is 1.88. The smallest absolute Gasteiger partial charge is 0.339 e. The van der Waals surface area contributed by atoms with Gasteiger partial charge in [0.15, 0.2) is 0 Å². The maximum Gasteiger partial charge on any atom is 0.339 e.